The molecule has 0 saturated carbocycles. The zero-order chi connectivity index (χ0) is 10.1. The Morgan fingerprint density at radius 2 is 2.21 bits per heavy atom. The van der Waals surface area contributed by atoms with E-state index in [1.54, 1.807) is 12.1 Å². The Bertz CT molecular complexity index is 490. The highest BCUT2D eigenvalue weighted by Crippen LogP contribution is 2.16. The summed E-state index contributed by atoms with van der Waals surface area (Å²) in [6.07, 6.45) is 0. The number of methoxy groups -OCH3 is 1. The molecule has 0 aliphatic rings. The molecule has 5 heteroatoms. The number of nitrogen functional groups attached to an aromatic ring is 1. The van der Waals surface area contributed by atoms with E-state index in [0.29, 0.717) is 10.9 Å². The average molecular weight is 191 g/mol. The van der Waals surface area contributed by atoms with Crippen LogP contribution in [-0.4, -0.2) is 23.0 Å². The van der Waals surface area contributed by atoms with Gasteiger partial charge in [0.25, 0.3) is 0 Å². The number of nitrogens with two attached hydrogens (primary N) is 1. The summed E-state index contributed by atoms with van der Waals surface area (Å²) in [7, 11) is 1.31. The molecule has 72 valence electrons. The lowest BCUT2D eigenvalue weighted by Gasteiger charge is -1.92. The topological polar surface area (TPSA) is 70.1 Å². The number of ether oxygens (including phenoxy) is 1. The molecule has 0 atom stereocenters. The first-order valence-electron chi connectivity index (χ1n) is 4.05. The maximum atomic E-state index is 11.3. The van der Waals surface area contributed by atoms with Crippen molar-refractivity contribution in [2.45, 2.75) is 0 Å². The van der Waals surface area contributed by atoms with Crippen LogP contribution in [-0.2, 0) is 4.74 Å². The number of aromatic nitrogens is 2. The second-order valence-electron chi connectivity index (χ2n) is 2.80. The Kier molecular flexibility index (Phi) is 1.85. The van der Waals surface area contributed by atoms with Crippen molar-refractivity contribution in [2.75, 3.05) is 13.0 Å². The number of carbonyl (C=O) groups excluding carboxylic acids is 1. The Balaban J connectivity index is 2.72. The maximum absolute atomic E-state index is 11.3. The van der Waals surface area contributed by atoms with E-state index in [9.17, 15) is 4.79 Å². The largest absolute Gasteiger partial charge is 0.464 e. The van der Waals surface area contributed by atoms with Crippen LogP contribution in [0.25, 0.3) is 10.9 Å². The molecule has 14 heavy (non-hydrogen) atoms. The van der Waals surface area contributed by atoms with E-state index in [0.717, 1.165) is 0 Å². The monoisotopic (exact) mass is 191 g/mol. The number of hydrogen-bond donors (Lipinski definition) is 1. The van der Waals surface area contributed by atoms with Crippen molar-refractivity contribution in [2.24, 2.45) is 0 Å². The number of benzene rings is 1. The highest BCUT2D eigenvalue weighted by Gasteiger charge is 2.15. The molecule has 2 aromatic rings. The highest BCUT2D eigenvalue weighted by atomic mass is 16.5. The Morgan fingerprint density at radius 1 is 1.50 bits per heavy atom. The normalized spacial score (nSPS) is 10.4. The van der Waals surface area contributed by atoms with Crippen LogP contribution in [0, 0.1) is 0 Å². The lowest BCUT2D eigenvalue weighted by Crippen LogP contribution is -2.11. The van der Waals surface area contributed by atoms with Gasteiger partial charge in [-0.3, -0.25) is 0 Å². The van der Waals surface area contributed by atoms with Crippen LogP contribution < -0.4 is 5.84 Å². The molecule has 1 aromatic heterocycles. The molecular formula is C9H9N3O2. The van der Waals surface area contributed by atoms with E-state index >= 15 is 0 Å². The zero-order valence-electron chi connectivity index (χ0n) is 7.60. The van der Waals surface area contributed by atoms with Gasteiger partial charge in [0.15, 0.2) is 5.69 Å². The first-order valence-corrected chi connectivity index (χ1v) is 4.05. The number of para-hydroxylation sites is 1. The summed E-state index contributed by atoms with van der Waals surface area (Å²) in [5.41, 5.74) is 0.943. The molecule has 0 spiro atoms. The minimum atomic E-state index is -0.481. The summed E-state index contributed by atoms with van der Waals surface area (Å²) < 4.78 is 4.59. The van der Waals surface area contributed by atoms with E-state index in [4.69, 9.17) is 5.84 Å². The first-order chi connectivity index (χ1) is 6.74. The number of fused-ring (bicyclic) bond motifs is 1. The molecule has 0 bridgehead atoms. The third-order valence-corrected chi connectivity index (χ3v) is 1.99. The summed E-state index contributed by atoms with van der Waals surface area (Å²) in [6, 6.07) is 7.21. The smallest absolute Gasteiger partial charge is 0.359 e. The van der Waals surface area contributed by atoms with Crippen LogP contribution in [0.1, 0.15) is 10.5 Å². The third-order valence-electron chi connectivity index (χ3n) is 1.99. The molecule has 0 fully saturated rings. The molecule has 0 unspecified atom stereocenters. The van der Waals surface area contributed by atoms with Crippen molar-refractivity contribution in [3.8, 4) is 0 Å². The summed E-state index contributed by atoms with van der Waals surface area (Å²) in [5, 5.41) is 4.58. The standard InChI is InChI=1S/C9H9N3O2/c1-14-9(13)8-6-4-2-3-5-7(6)12(10)11-8/h2-5H,10H2,1H3. The van der Waals surface area contributed by atoms with Crippen molar-refractivity contribution < 1.29 is 9.53 Å². The second-order valence-corrected chi connectivity index (χ2v) is 2.80. The minimum absolute atomic E-state index is 0.241. The summed E-state index contributed by atoms with van der Waals surface area (Å²) in [6.45, 7) is 0. The SMILES string of the molecule is COC(=O)c1nn(N)c2ccccc12. The van der Waals surface area contributed by atoms with Crippen LogP contribution in [0.5, 0.6) is 0 Å². The van der Waals surface area contributed by atoms with Gasteiger partial charge in [-0.05, 0) is 6.07 Å². The Morgan fingerprint density at radius 3 is 2.93 bits per heavy atom. The molecule has 0 amide bonds. The summed E-state index contributed by atoms with van der Waals surface area (Å²) in [4.78, 5) is 12.5. The lowest BCUT2D eigenvalue weighted by molar-refractivity contribution is 0.0595. The average Bonchev–Trinajstić information content (AvgIpc) is 2.56. The van der Waals surface area contributed by atoms with E-state index in [1.165, 1.54) is 11.9 Å². The number of carbonyl (C=O) groups is 1. The molecule has 2 N–H and O–H groups in total. The summed E-state index contributed by atoms with van der Waals surface area (Å²) >= 11 is 0. The predicted octanol–water partition coefficient (Wildman–Crippen LogP) is 0.537. The van der Waals surface area contributed by atoms with E-state index in [1.807, 2.05) is 12.1 Å². The zero-order valence-corrected chi connectivity index (χ0v) is 7.60. The number of nitrogens with zero attached hydrogens (tertiary/aromatic N) is 2. The van der Waals surface area contributed by atoms with Gasteiger partial charge in [0.2, 0.25) is 0 Å². The van der Waals surface area contributed by atoms with Gasteiger partial charge in [0.1, 0.15) is 0 Å². The predicted molar refractivity (Wildman–Crippen MR) is 51.2 cm³/mol. The fourth-order valence-corrected chi connectivity index (χ4v) is 1.34. The quantitative estimate of drug-likeness (QED) is 0.527. The fraction of sp³-hybridized carbons (Fsp3) is 0.111. The highest BCUT2D eigenvalue weighted by molar-refractivity contribution is 6.02. The first kappa shape index (κ1) is 8.55. The van der Waals surface area contributed by atoms with Gasteiger partial charge in [-0.15, -0.1) is 5.10 Å². The fourth-order valence-electron chi connectivity index (χ4n) is 1.34. The Hall–Kier alpha value is -2.04. The number of hydrogen-bond acceptors (Lipinski definition) is 4. The van der Waals surface area contributed by atoms with Crippen LogP contribution in [0.2, 0.25) is 0 Å². The maximum Gasteiger partial charge on any atom is 0.359 e. The molecule has 1 heterocycles. The van der Waals surface area contributed by atoms with Gasteiger partial charge in [0.05, 0.1) is 12.6 Å². The number of esters is 1. The van der Waals surface area contributed by atoms with E-state index in [2.05, 4.69) is 9.84 Å². The van der Waals surface area contributed by atoms with Crippen LogP contribution in [0.3, 0.4) is 0 Å². The van der Waals surface area contributed by atoms with Crippen molar-refractivity contribution in [3.05, 3.63) is 30.0 Å². The van der Waals surface area contributed by atoms with Crippen molar-refractivity contribution in [1.82, 2.24) is 9.89 Å². The molecular weight excluding hydrogens is 182 g/mol. The van der Waals surface area contributed by atoms with Crippen molar-refractivity contribution in [1.29, 1.82) is 0 Å². The molecule has 0 radical (unpaired) electrons. The Labute approximate surface area is 80.0 Å². The van der Waals surface area contributed by atoms with Gasteiger partial charge in [-0.25, -0.2) is 4.79 Å². The third kappa shape index (κ3) is 1.10. The minimum Gasteiger partial charge on any atom is -0.464 e. The van der Waals surface area contributed by atoms with Crippen LogP contribution in [0.15, 0.2) is 24.3 Å². The van der Waals surface area contributed by atoms with Gasteiger partial charge < -0.3 is 10.6 Å². The van der Waals surface area contributed by atoms with Crippen LogP contribution >= 0.6 is 0 Å². The van der Waals surface area contributed by atoms with E-state index in [-0.39, 0.29) is 5.69 Å². The van der Waals surface area contributed by atoms with E-state index < -0.39 is 5.97 Å². The van der Waals surface area contributed by atoms with Gasteiger partial charge >= 0.3 is 5.97 Å². The molecule has 1 aromatic carbocycles. The molecule has 2 rings (SSSR count). The van der Waals surface area contributed by atoms with Crippen LogP contribution in [0.4, 0.5) is 0 Å². The molecule has 0 aliphatic heterocycles. The van der Waals surface area contributed by atoms with Gasteiger partial charge in [-0.2, -0.15) is 4.79 Å². The molecule has 5 nitrogen and oxygen atoms in total. The van der Waals surface area contributed by atoms with Crippen molar-refractivity contribution in [3.63, 3.8) is 0 Å². The van der Waals surface area contributed by atoms with Crippen molar-refractivity contribution >= 4 is 16.9 Å². The second kappa shape index (κ2) is 3.02. The number of rotatable bonds is 1. The lowest BCUT2D eigenvalue weighted by atomic mass is 10.2. The van der Waals surface area contributed by atoms with Gasteiger partial charge in [-0.1, -0.05) is 18.2 Å². The molecule has 0 aliphatic carbocycles. The summed E-state index contributed by atoms with van der Waals surface area (Å²) in [5.74, 6) is 5.09. The molecule has 0 saturated heterocycles. The van der Waals surface area contributed by atoms with Gasteiger partial charge in [0, 0.05) is 5.39 Å².